The van der Waals surface area contributed by atoms with Crippen LogP contribution < -0.4 is 5.73 Å². The van der Waals surface area contributed by atoms with Gasteiger partial charge in [0.1, 0.15) is 6.33 Å². The third kappa shape index (κ3) is 0.952. The minimum absolute atomic E-state index is 0.649. The number of hydrogen-bond acceptors (Lipinski definition) is 3. The summed E-state index contributed by atoms with van der Waals surface area (Å²) in [7, 11) is 1.83. The molecule has 0 spiro atoms. The van der Waals surface area contributed by atoms with Crippen LogP contribution in [0.5, 0.6) is 0 Å². The molecule has 0 aromatic carbocycles. The predicted octanol–water partition coefficient (Wildman–Crippen LogP) is 0.188. The Kier molecular flexibility index (Phi) is 1.36. The molecule has 2 heterocycles. The maximum absolute atomic E-state index is 5.70. The van der Waals surface area contributed by atoms with Crippen molar-refractivity contribution >= 4 is 5.69 Å². The van der Waals surface area contributed by atoms with E-state index in [1.165, 1.54) is 0 Å². The number of aryl methyl sites for hydroxylation is 1. The average molecular weight is 163 g/mol. The van der Waals surface area contributed by atoms with Gasteiger partial charge < -0.3 is 5.73 Å². The summed E-state index contributed by atoms with van der Waals surface area (Å²) >= 11 is 0. The van der Waals surface area contributed by atoms with Gasteiger partial charge >= 0.3 is 0 Å². The normalized spacial score (nSPS) is 10.4. The highest BCUT2D eigenvalue weighted by atomic mass is 15.3. The molecule has 0 radical (unpaired) electrons. The van der Waals surface area contributed by atoms with Crippen molar-refractivity contribution in [1.82, 2.24) is 19.3 Å². The molecule has 0 saturated heterocycles. The standard InChI is InChI=1S/C7H9N5/c1-11-4-6(8)7(10-11)12-3-2-9-5-12/h2-5H,8H2,1H3. The van der Waals surface area contributed by atoms with Crippen LogP contribution in [0.2, 0.25) is 0 Å². The molecule has 62 valence electrons. The molecule has 5 heteroatoms. The number of nitrogen functional groups attached to an aromatic ring is 1. The molecular formula is C7H9N5. The largest absolute Gasteiger partial charge is 0.394 e. The molecule has 0 bridgehead atoms. The van der Waals surface area contributed by atoms with Gasteiger partial charge in [0.05, 0.1) is 5.69 Å². The number of nitrogens with zero attached hydrogens (tertiary/aromatic N) is 4. The van der Waals surface area contributed by atoms with Gasteiger partial charge in [-0.05, 0) is 0 Å². The molecule has 2 rings (SSSR count). The number of hydrogen-bond donors (Lipinski definition) is 1. The molecule has 0 atom stereocenters. The second kappa shape index (κ2) is 2.37. The van der Waals surface area contributed by atoms with Crippen molar-refractivity contribution in [2.24, 2.45) is 7.05 Å². The van der Waals surface area contributed by atoms with Crippen LogP contribution >= 0.6 is 0 Å². The van der Waals surface area contributed by atoms with Crippen molar-refractivity contribution < 1.29 is 0 Å². The van der Waals surface area contributed by atoms with E-state index in [0.29, 0.717) is 5.69 Å². The van der Waals surface area contributed by atoms with Gasteiger partial charge in [-0.2, -0.15) is 5.10 Å². The second-order valence-corrected chi connectivity index (χ2v) is 2.55. The fourth-order valence-electron chi connectivity index (χ4n) is 1.08. The SMILES string of the molecule is Cn1cc(N)c(-n2ccnc2)n1. The Morgan fingerprint density at radius 2 is 2.33 bits per heavy atom. The first-order valence-corrected chi connectivity index (χ1v) is 3.55. The molecular weight excluding hydrogens is 154 g/mol. The Morgan fingerprint density at radius 1 is 1.50 bits per heavy atom. The van der Waals surface area contributed by atoms with Crippen LogP contribution in [0.15, 0.2) is 24.9 Å². The van der Waals surface area contributed by atoms with Crippen molar-refractivity contribution in [1.29, 1.82) is 0 Å². The van der Waals surface area contributed by atoms with E-state index in [1.807, 2.05) is 7.05 Å². The van der Waals surface area contributed by atoms with Crippen LogP contribution in [-0.2, 0) is 7.05 Å². The third-order valence-electron chi connectivity index (χ3n) is 1.59. The first kappa shape index (κ1) is 6.90. The lowest BCUT2D eigenvalue weighted by Crippen LogP contribution is -1.96. The summed E-state index contributed by atoms with van der Waals surface area (Å²) in [5.41, 5.74) is 6.35. The van der Waals surface area contributed by atoms with Crippen LogP contribution in [-0.4, -0.2) is 19.3 Å². The van der Waals surface area contributed by atoms with Crippen LogP contribution in [0.3, 0.4) is 0 Å². The summed E-state index contributed by atoms with van der Waals surface area (Å²) in [5.74, 6) is 0.718. The van der Waals surface area contributed by atoms with Crippen molar-refractivity contribution in [3.8, 4) is 5.82 Å². The number of anilines is 1. The molecule has 0 saturated carbocycles. The number of nitrogens with two attached hydrogens (primary N) is 1. The van der Waals surface area contributed by atoms with E-state index in [4.69, 9.17) is 5.73 Å². The van der Waals surface area contributed by atoms with Gasteiger partial charge in [-0.1, -0.05) is 0 Å². The van der Waals surface area contributed by atoms with Gasteiger partial charge in [0, 0.05) is 25.6 Å². The Labute approximate surface area is 69.4 Å². The predicted molar refractivity (Wildman–Crippen MR) is 44.7 cm³/mol. The monoisotopic (exact) mass is 163 g/mol. The maximum Gasteiger partial charge on any atom is 0.183 e. The van der Waals surface area contributed by atoms with E-state index in [-0.39, 0.29) is 0 Å². The zero-order valence-electron chi connectivity index (χ0n) is 6.68. The molecule has 0 aliphatic carbocycles. The van der Waals surface area contributed by atoms with Crippen LogP contribution in [0.25, 0.3) is 5.82 Å². The van der Waals surface area contributed by atoms with Gasteiger partial charge in [0.15, 0.2) is 5.82 Å². The molecule has 0 amide bonds. The highest BCUT2D eigenvalue weighted by Crippen LogP contribution is 2.12. The molecule has 0 aliphatic rings. The lowest BCUT2D eigenvalue weighted by atomic mass is 10.5. The van der Waals surface area contributed by atoms with E-state index in [2.05, 4.69) is 10.1 Å². The van der Waals surface area contributed by atoms with Gasteiger partial charge in [0.2, 0.25) is 0 Å². The van der Waals surface area contributed by atoms with Gasteiger partial charge in [0.25, 0.3) is 0 Å². The lowest BCUT2D eigenvalue weighted by Gasteiger charge is -1.95. The van der Waals surface area contributed by atoms with E-state index >= 15 is 0 Å². The number of imidazole rings is 1. The molecule has 0 unspecified atom stereocenters. The molecule has 12 heavy (non-hydrogen) atoms. The Morgan fingerprint density at radius 3 is 2.83 bits per heavy atom. The Balaban J connectivity index is 2.54. The fraction of sp³-hybridized carbons (Fsp3) is 0.143. The summed E-state index contributed by atoms with van der Waals surface area (Å²) in [6.07, 6.45) is 6.92. The van der Waals surface area contributed by atoms with Crippen molar-refractivity contribution in [2.45, 2.75) is 0 Å². The topological polar surface area (TPSA) is 61.7 Å². The fourth-order valence-corrected chi connectivity index (χ4v) is 1.08. The Bertz CT molecular complexity index is 372. The molecule has 5 nitrogen and oxygen atoms in total. The second-order valence-electron chi connectivity index (χ2n) is 2.55. The maximum atomic E-state index is 5.70. The summed E-state index contributed by atoms with van der Waals surface area (Å²) in [5, 5.41) is 4.17. The number of rotatable bonds is 1. The van der Waals surface area contributed by atoms with Gasteiger partial charge in [-0.25, -0.2) is 4.98 Å². The van der Waals surface area contributed by atoms with Gasteiger partial charge in [-0.15, -0.1) is 0 Å². The van der Waals surface area contributed by atoms with Crippen LogP contribution in [0, 0.1) is 0 Å². The van der Waals surface area contributed by atoms with E-state index in [1.54, 1.807) is 34.2 Å². The number of aromatic nitrogens is 4. The first-order valence-electron chi connectivity index (χ1n) is 3.55. The van der Waals surface area contributed by atoms with Gasteiger partial charge in [-0.3, -0.25) is 9.25 Å². The molecule has 2 aromatic heterocycles. The van der Waals surface area contributed by atoms with E-state index in [9.17, 15) is 0 Å². The van der Waals surface area contributed by atoms with Crippen LogP contribution in [0.4, 0.5) is 5.69 Å². The first-order chi connectivity index (χ1) is 5.77. The molecule has 2 N–H and O–H groups in total. The minimum Gasteiger partial charge on any atom is -0.394 e. The van der Waals surface area contributed by atoms with E-state index < -0.39 is 0 Å². The zero-order valence-corrected chi connectivity index (χ0v) is 6.68. The minimum atomic E-state index is 0.649. The smallest absolute Gasteiger partial charge is 0.183 e. The van der Waals surface area contributed by atoms with Crippen molar-refractivity contribution in [3.63, 3.8) is 0 Å². The summed E-state index contributed by atoms with van der Waals surface area (Å²) in [6, 6.07) is 0. The van der Waals surface area contributed by atoms with E-state index in [0.717, 1.165) is 5.82 Å². The average Bonchev–Trinajstić information content (AvgIpc) is 2.58. The van der Waals surface area contributed by atoms with Crippen molar-refractivity contribution in [2.75, 3.05) is 5.73 Å². The Hall–Kier alpha value is -1.78. The lowest BCUT2D eigenvalue weighted by molar-refractivity contribution is 0.751. The summed E-state index contributed by atoms with van der Waals surface area (Å²) < 4.78 is 3.44. The van der Waals surface area contributed by atoms with Crippen molar-refractivity contribution in [3.05, 3.63) is 24.9 Å². The highest BCUT2D eigenvalue weighted by Gasteiger charge is 2.04. The third-order valence-corrected chi connectivity index (χ3v) is 1.59. The summed E-state index contributed by atoms with van der Waals surface area (Å²) in [6.45, 7) is 0. The van der Waals surface area contributed by atoms with Crippen LogP contribution in [0.1, 0.15) is 0 Å². The zero-order chi connectivity index (χ0) is 8.55. The highest BCUT2D eigenvalue weighted by molar-refractivity contribution is 5.51. The molecule has 0 fully saturated rings. The quantitative estimate of drug-likeness (QED) is 0.652. The summed E-state index contributed by atoms with van der Waals surface area (Å²) in [4.78, 5) is 3.91. The molecule has 2 aromatic rings. The molecule has 0 aliphatic heterocycles.